The average molecular weight is 261 g/mol. The molecule has 2 aromatic rings. The van der Waals surface area contributed by atoms with Crippen molar-refractivity contribution in [3.63, 3.8) is 0 Å². The number of rotatable bonds is 2. The van der Waals surface area contributed by atoms with Crippen molar-refractivity contribution in [1.29, 1.82) is 0 Å². The van der Waals surface area contributed by atoms with E-state index in [0.29, 0.717) is 0 Å². The zero-order valence-electron chi connectivity index (χ0n) is 10.6. The van der Waals surface area contributed by atoms with Crippen LogP contribution in [0.5, 0.6) is 0 Å². The van der Waals surface area contributed by atoms with Gasteiger partial charge in [-0.2, -0.15) is 0 Å². The van der Waals surface area contributed by atoms with E-state index in [1.807, 2.05) is 12.1 Å². The Morgan fingerprint density at radius 3 is 3.06 bits per heavy atom. The third-order valence-corrected chi connectivity index (χ3v) is 3.78. The van der Waals surface area contributed by atoms with Gasteiger partial charge in [-0.05, 0) is 36.7 Å². The normalized spacial score (nSPS) is 15.9. The van der Waals surface area contributed by atoms with Gasteiger partial charge in [0.2, 0.25) is 0 Å². The van der Waals surface area contributed by atoms with Crippen LogP contribution >= 0.6 is 11.6 Å². The van der Waals surface area contributed by atoms with Gasteiger partial charge in [-0.25, -0.2) is 0 Å². The lowest BCUT2D eigenvalue weighted by molar-refractivity contribution is 0.253. The lowest BCUT2D eigenvalue weighted by atomic mass is 10.0. The standard InChI is InChI=1S/C15H17ClN2/c1-2-6-18-7-5-14-12(10-18)8-11-3-4-13(16)9-15(11)17-14/h3-4,8-9H,2,5-7,10H2,1H3. The van der Waals surface area contributed by atoms with Gasteiger partial charge in [-0.1, -0.05) is 24.6 Å². The minimum absolute atomic E-state index is 0.762. The molecule has 2 nitrogen and oxygen atoms in total. The van der Waals surface area contributed by atoms with E-state index >= 15 is 0 Å². The molecule has 0 fully saturated rings. The summed E-state index contributed by atoms with van der Waals surface area (Å²) in [4.78, 5) is 7.27. The number of benzene rings is 1. The Bertz CT molecular complexity index is 580. The molecule has 0 aliphatic carbocycles. The Kier molecular flexibility index (Phi) is 3.23. The highest BCUT2D eigenvalue weighted by atomic mass is 35.5. The maximum atomic E-state index is 6.02. The van der Waals surface area contributed by atoms with Crippen molar-refractivity contribution in [3.05, 3.63) is 40.5 Å². The van der Waals surface area contributed by atoms with Gasteiger partial charge in [-0.3, -0.25) is 9.88 Å². The second-order valence-corrected chi connectivity index (χ2v) is 5.39. The lowest BCUT2D eigenvalue weighted by Crippen LogP contribution is -2.31. The molecule has 1 aliphatic heterocycles. The smallest absolute Gasteiger partial charge is 0.0720 e. The minimum Gasteiger partial charge on any atom is -0.299 e. The molecule has 3 rings (SSSR count). The highest BCUT2D eigenvalue weighted by Crippen LogP contribution is 2.24. The van der Waals surface area contributed by atoms with Gasteiger partial charge >= 0.3 is 0 Å². The molecule has 0 saturated heterocycles. The number of aromatic nitrogens is 1. The van der Waals surface area contributed by atoms with Crippen LogP contribution in [0.25, 0.3) is 10.9 Å². The monoisotopic (exact) mass is 260 g/mol. The average Bonchev–Trinajstić information content (AvgIpc) is 2.37. The number of pyridine rings is 1. The fraction of sp³-hybridized carbons (Fsp3) is 0.400. The predicted molar refractivity (Wildman–Crippen MR) is 76.0 cm³/mol. The van der Waals surface area contributed by atoms with E-state index in [-0.39, 0.29) is 0 Å². The van der Waals surface area contributed by atoms with E-state index in [1.165, 1.54) is 29.6 Å². The molecule has 0 bridgehead atoms. The third kappa shape index (κ3) is 2.23. The van der Waals surface area contributed by atoms with Crippen LogP contribution in [0.4, 0.5) is 0 Å². The Labute approximate surface area is 113 Å². The van der Waals surface area contributed by atoms with Crippen molar-refractivity contribution in [3.8, 4) is 0 Å². The molecule has 2 heterocycles. The molecule has 1 aromatic carbocycles. The van der Waals surface area contributed by atoms with Crippen molar-refractivity contribution in [2.75, 3.05) is 13.1 Å². The highest BCUT2D eigenvalue weighted by molar-refractivity contribution is 6.31. The molecule has 0 amide bonds. The molecular weight excluding hydrogens is 244 g/mol. The molecule has 1 aliphatic rings. The number of hydrogen-bond donors (Lipinski definition) is 0. The summed E-state index contributed by atoms with van der Waals surface area (Å²) in [5, 5.41) is 1.95. The van der Waals surface area contributed by atoms with Crippen molar-refractivity contribution < 1.29 is 0 Å². The first-order valence-electron chi connectivity index (χ1n) is 6.56. The number of hydrogen-bond acceptors (Lipinski definition) is 2. The maximum Gasteiger partial charge on any atom is 0.0720 e. The molecule has 0 spiro atoms. The van der Waals surface area contributed by atoms with Gasteiger partial charge < -0.3 is 0 Å². The van der Waals surface area contributed by atoms with E-state index in [4.69, 9.17) is 16.6 Å². The van der Waals surface area contributed by atoms with E-state index in [0.717, 1.165) is 30.0 Å². The zero-order chi connectivity index (χ0) is 12.5. The van der Waals surface area contributed by atoms with E-state index in [2.05, 4.69) is 24.0 Å². The van der Waals surface area contributed by atoms with Crippen molar-refractivity contribution in [2.45, 2.75) is 26.3 Å². The fourth-order valence-electron chi connectivity index (χ4n) is 2.67. The number of fused-ring (bicyclic) bond motifs is 2. The quantitative estimate of drug-likeness (QED) is 0.819. The SMILES string of the molecule is CCCN1CCc2nc3cc(Cl)ccc3cc2C1. The number of nitrogens with zero attached hydrogens (tertiary/aromatic N) is 2. The Morgan fingerprint density at radius 1 is 1.33 bits per heavy atom. The van der Waals surface area contributed by atoms with Crippen LogP contribution in [0.3, 0.4) is 0 Å². The second kappa shape index (κ2) is 4.87. The van der Waals surface area contributed by atoms with Gasteiger partial charge in [0, 0.05) is 35.6 Å². The summed E-state index contributed by atoms with van der Waals surface area (Å²) >= 11 is 6.02. The van der Waals surface area contributed by atoms with Gasteiger partial charge in [0.05, 0.1) is 5.52 Å². The Hall–Kier alpha value is -1.12. The molecule has 0 atom stereocenters. The summed E-state index contributed by atoms with van der Waals surface area (Å²) in [6.45, 7) is 5.57. The van der Waals surface area contributed by atoms with Gasteiger partial charge in [0.25, 0.3) is 0 Å². The van der Waals surface area contributed by atoms with Crippen LogP contribution in [0.1, 0.15) is 24.6 Å². The van der Waals surface area contributed by atoms with Crippen LogP contribution in [0.2, 0.25) is 5.02 Å². The molecule has 94 valence electrons. The summed E-state index contributed by atoms with van der Waals surface area (Å²) in [6, 6.07) is 8.22. The van der Waals surface area contributed by atoms with Gasteiger partial charge in [-0.15, -0.1) is 0 Å². The van der Waals surface area contributed by atoms with Crippen LogP contribution in [-0.4, -0.2) is 23.0 Å². The van der Waals surface area contributed by atoms with Crippen LogP contribution in [-0.2, 0) is 13.0 Å². The Morgan fingerprint density at radius 2 is 2.22 bits per heavy atom. The largest absolute Gasteiger partial charge is 0.299 e. The summed E-state index contributed by atoms with van der Waals surface area (Å²) in [5.41, 5.74) is 3.65. The molecule has 0 unspecified atom stereocenters. The van der Waals surface area contributed by atoms with Crippen LogP contribution < -0.4 is 0 Å². The van der Waals surface area contributed by atoms with Crippen LogP contribution in [0.15, 0.2) is 24.3 Å². The minimum atomic E-state index is 0.762. The summed E-state index contributed by atoms with van der Waals surface area (Å²) in [7, 11) is 0. The number of halogens is 1. The molecule has 1 aromatic heterocycles. The predicted octanol–water partition coefficient (Wildman–Crippen LogP) is 3.66. The maximum absolute atomic E-state index is 6.02. The molecule has 0 radical (unpaired) electrons. The topological polar surface area (TPSA) is 16.1 Å². The highest BCUT2D eigenvalue weighted by Gasteiger charge is 2.17. The van der Waals surface area contributed by atoms with Crippen molar-refractivity contribution >= 4 is 22.5 Å². The zero-order valence-corrected chi connectivity index (χ0v) is 11.4. The van der Waals surface area contributed by atoms with Crippen molar-refractivity contribution in [1.82, 2.24) is 9.88 Å². The lowest BCUT2D eigenvalue weighted by Gasteiger charge is -2.27. The summed E-state index contributed by atoms with van der Waals surface area (Å²) < 4.78 is 0. The Balaban J connectivity index is 2.00. The first-order chi connectivity index (χ1) is 8.76. The molecule has 0 N–H and O–H groups in total. The van der Waals surface area contributed by atoms with Gasteiger partial charge in [0.1, 0.15) is 0 Å². The summed E-state index contributed by atoms with van der Waals surface area (Å²) in [5.74, 6) is 0. The van der Waals surface area contributed by atoms with Gasteiger partial charge in [0.15, 0.2) is 0 Å². The molecule has 18 heavy (non-hydrogen) atoms. The summed E-state index contributed by atoms with van der Waals surface area (Å²) in [6.07, 6.45) is 2.27. The first kappa shape index (κ1) is 11.9. The second-order valence-electron chi connectivity index (χ2n) is 4.96. The van der Waals surface area contributed by atoms with E-state index in [1.54, 1.807) is 0 Å². The van der Waals surface area contributed by atoms with E-state index in [9.17, 15) is 0 Å². The van der Waals surface area contributed by atoms with E-state index < -0.39 is 0 Å². The van der Waals surface area contributed by atoms with Crippen molar-refractivity contribution in [2.24, 2.45) is 0 Å². The van der Waals surface area contributed by atoms with Crippen LogP contribution in [0, 0.1) is 0 Å². The fourth-order valence-corrected chi connectivity index (χ4v) is 2.83. The molecule has 3 heteroatoms. The molecular formula is C15H17ClN2. The first-order valence-corrected chi connectivity index (χ1v) is 6.94. The molecule has 0 saturated carbocycles. The third-order valence-electron chi connectivity index (χ3n) is 3.55.